The molecule has 0 fully saturated rings. The molecule has 0 N–H and O–H groups in total. The molecule has 360 valence electrons. The van der Waals surface area contributed by atoms with Crippen molar-refractivity contribution in [1.82, 2.24) is 0 Å². The second kappa shape index (κ2) is 51.5. The molecule has 61 heavy (non-hydrogen) atoms. The van der Waals surface area contributed by atoms with Crippen LogP contribution in [0.2, 0.25) is 0 Å². The van der Waals surface area contributed by atoms with Gasteiger partial charge in [0.25, 0.3) is 0 Å². The largest absolute Gasteiger partial charge is 2.00 e. The van der Waals surface area contributed by atoms with Crippen molar-refractivity contribution in [3.8, 4) is 0 Å². The molecule has 0 aliphatic heterocycles. The van der Waals surface area contributed by atoms with E-state index in [1.807, 2.05) is 0 Å². The summed E-state index contributed by atoms with van der Waals surface area (Å²) in [6, 6.07) is 0. The minimum atomic E-state index is -4.60. The minimum Gasteiger partial charge on any atom is -0.726 e. The molecule has 2 unspecified atom stereocenters. The van der Waals surface area contributed by atoms with Crippen LogP contribution < -0.4 is 0 Å². The summed E-state index contributed by atoms with van der Waals surface area (Å²) in [5.41, 5.74) is 0. The van der Waals surface area contributed by atoms with Crippen LogP contribution in [0.5, 0.6) is 0 Å². The Morgan fingerprint density at radius 1 is 0.361 bits per heavy atom. The average molecular weight is 932 g/mol. The first-order chi connectivity index (χ1) is 29.0. The monoisotopic (exact) mass is 931 g/mol. The zero-order chi connectivity index (χ0) is 44.7. The zero-order valence-corrected chi connectivity index (χ0v) is 44.4. The summed E-state index contributed by atoms with van der Waals surface area (Å²) < 4.78 is 73.8. The van der Waals surface area contributed by atoms with E-state index in [-0.39, 0.29) is 62.8 Å². The van der Waals surface area contributed by atoms with Gasteiger partial charge in [0.05, 0.1) is 13.2 Å². The molecule has 8 nitrogen and oxygen atoms in total. The predicted molar refractivity (Wildman–Crippen MR) is 260 cm³/mol. The summed E-state index contributed by atoms with van der Waals surface area (Å²) in [6.07, 6.45) is 56.0. The van der Waals surface area contributed by atoms with E-state index in [9.17, 15) is 25.9 Å². The normalized spacial score (nSPS) is 13.1. The van der Waals surface area contributed by atoms with E-state index >= 15 is 0 Å². The van der Waals surface area contributed by atoms with Crippen molar-refractivity contribution < 1.29 is 34.3 Å². The topological polar surface area (TPSA) is 133 Å². The summed E-state index contributed by atoms with van der Waals surface area (Å²) in [7, 11) is -9.21. The van der Waals surface area contributed by atoms with E-state index in [2.05, 4.69) is 60.4 Å². The molecule has 0 bridgehead atoms. The number of allylic oxidation sites excluding steroid dienone is 2. The van der Waals surface area contributed by atoms with Gasteiger partial charge in [0.15, 0.2) is 0 Å². The fraction of sp³-hybridized carbons (Fsp3) is 0.920. The van der Waals surface area contributed by atoms with Gasteiger partial charge in [-0.3, -0.25) is 8.37 Å². The molecule has 0 aliphatic carbocycles. The number of rotatable bonds is 46. The van der Waals surface area contributed by atoms with Crippen molar-refractivity contribution in [2.45, 2.75) is 272 Å². The first-order valence-corrected chi connectivity index (χ1v) is 28.2. The third kappa shape index (κ3) is 60.5. The van der Waals surface area contributed by atoms with Crippen molar-refractivity contribution >= 4 is 58.5 Å². The number of unbranched alkanes of at least 4 members (excludes halogenated alkanes) is 32. The first kappa shape index (κ1) is 65.8. The van der Waals surface area contributed by atoms with Crippen molar-refractivity contribution in [1.29, 1.82) is 0 Å². The summed E-state index contributed by atoms with van der Waals surface area (Å²) in [5.74, 6) is 0.0416. The van der Waals surface area contributed by atoms with E-state index in [0.29, 0.717) is 0 Å². The van der Waals surface area contributed by atoms with E-state index in [1.165, 1.54) is 205 Å². The van der Waals surface area contributed by atoms with E-state index in [4.69, 9.17) is 0 Å². The van der Waals surface area contributed by atoms with Gasteiger partial charge in [-0.1, -0.05) is 257 Å². The van der Waals surface area contributed by atoms with Gasteiger partial charge in [-0.25, -0.2) is 16.8 Å². The Balaban J connectivity index is -0.00000109. The van der Waals surface area contributed by atoms with Crippen LogP contribution in [0.4, 0.5) is 0 Å². The molecule has 0 aromatic rings. The Kier molecular flexibility index (Phi) is 55.5. The van der Waals surface area contributed by atoms with Gasteiger partial charge < -0.3 is 9.11 Å². The second-order valence-corrected chi connectivity index (χ2v) is 19.6. The molecule has 0 spiro atoms. The second-order valence-electron chi connectivity index (χ2n) is 17.5. The van der Waals surface area contributed by atoms with Crippen LogP contribution in [0, 0.1) is 11.8 Å². The van der Waals surface area contributed by atoms with E-state index in [0.717, 1.165) is 38.5 Å². The maximum atomic E-state index is 10.8. The van der Waals surface area contributed by atoms with Gasteiger partial charge in [0.2, 0.25) is 20.8 Å². The van der Waals surface area contributed by atoms with Gasteiger partial charge >= 0.3 is 37.7 Å². The van der Waals surface area contributed by atoms with Crippen molar-refractivity contribution in [2.75, 3.05) is 13.2 Å². The van der Waals surface area contributed by atoms with E-state index in [1.54, 1.807) is 0 Å². The van der Waals surface area contributed by atoms with Crippen LogP contribution in [-0.2, 0) is 29.2 Å². The molecule has 0 amide bonds. The van der Waals surface area contributed by atoms with Gasteiger partial charge in [-0.2, -0.15) is 0 Å². The Morgan fingerprint density at radius 3 is 0.803 bits per heavy atom. The smallest absolute Gasteiger partial charge is 0.726 e. The quantitative estimate of drug-likeness (QED) is 0.0194. The Bertz CT molecular complexity index is 1040. The number of hydrogen-bond acceptors (Lipinski definition) is 8. The fourth-order valence-electron chi connectivity index (χ4n) is 7.62. The van der Waals surface area contributed by atoms with Crippen LogP contribution in [0.25, 0.3) is 0 Å². The Labute approximate surface area is 410 Å². The van der Waals surface area contributed by atoms with Crippen LogP contribution in [0.3, 0.4) is 0 Å². The van der Waals surface area contributed by atoms with Crippen LogP contribution in [-0.4, -0.2) is 76.9 Å². The van der Waals surface area contributed by atoms with Gasteiger partial charge in [-0.15, -0.1) is 0 Å². The SMILES string of the molecule is CCCCCCC/C=C/C(CCCCCCCCCCCCCC)COS(=O)(=O)[O-].CCCCCCC/C=C/C(CCCCCCCCCCCCCC)COS(=O)(=O)[O-].[Ca+2]. The number of hydrogen-bond donors (Lipinski definition) is 0. The molecule has 0 aliphatic rings. The average Bonchev–Trinajstić information content (AvgIpc) is 3.21. The maximum absolute atomic E-state index is 10.8. The third-order valence-electron chi connectivity index (χ3n) is 11.5. The molecule has 0 heterocycles. The van der Waals surface area contributed by atoms with Crippen LogP contribution >= 0.6 is 0 Å². The Hall–Kier alpha value is 0.480. The summed E-state index contributed by atoms with van der Waals surface area (Å²) in [6.45, 7) is 8.90. The molecule has 0 radical (unpaired) electrons. The zero-order valence-electron chi connectivity index (χ0n) is 40.5. The van der Waals surface area contributed by atoms with Gasteiger partial charge in [0, 0.05) is 11.8 Å². The van der Waals surface area contributed by atoms with Gasteiger partial charge in [0.1, 0.15) is 0 Å². The van der Waals surface area contributed by atoms with E-state index < -0.39 is 20.8 Å². The minimum absolute atomic E-state index is 0. The maximum Gasteiger partial charge on any atom is 2.00 e. The summed E-state index contributed by atoms with van der Waals surface area (Å²) >= 11 is 0. The molecule has 0 saturated carbocycles. The van der Waals surface area contributed by atoms with Gasteiger partial charge in [-0.05, 0) is 38.5 Å². The standard InChI is InChI=1S/2C25H50O4S.Ca/c2*1-3-5-7-9-11-12-13-14-15-17-19-21-23-25(24-29-30(26,27)28)22-20-18-16-10-8-6-4-2;/h2*20,22,25H,3-19,21,23-24H2,1-2H3,(H,26,27,28);/q;;+2/p-2/b2*22-20+;. The van der Waals surface area contributed by atoms with Crippen molar-refractivity contribution in [3.05, 3.63) is 24.3 Å². The van der Waals surface area contributed by atoms with Crippen LogP contribution in [0.1, 0.15) is 272 Å². The summed E-state index contributed by atoms with van der Waals surface area (Å²) in [5, 5.41) is 0. The molecular weight excluding hydrogens is 833 g/mol. The molecule has 0 aromatic heterocycles. The molecular formula is C50H98CaO8S2. The fourth-order valence-corrected chi connectivity index (χ4v) is 8.30. The molecule has 11 heteroatoms. The molecule has 0 rings (SSSR count). The predicted octanol–water partition coefficient (Wildman–Crippen LogP) is 15.8. The summed E-state index contributed by atoms with van der Waals surface area (Å²) in [4.78, 5) is 0. The first-order valence-electron chi connectivity index (χ1n) is 25.5. The third-order valence-corrected chi connectivity index (χ3v) is 12.3. The van der Waals surface area contributed by atoms with Crippen molar-refractivity contribution in [3.63, 3.8) is 0 Å². The Morgan fingerprint density at radius 2 is 0.574 bits per heavy atom. The van der Waals surface area contributed by atoms with Crippen molar-refractivity contribution in [2.24, 2.45) is 11.8 Å². The molecule has 0 aromatic carbocycles. The van der Waals surface area contributed by atoms with Crippen LogP contribution in [0.15, 0.2) is 24.3 Å². The molecule has 0 saturated heterocycles. The molecule has 2 atom stereocenters.